The lowest BCUT2D eigenvalue weighted by atomic mass is 9.44. The number of hydrogen-bond donors (Lipinski definition) is 1. The summed E-state index contributed by atoms with van der Waals surface area (Å²) in [6.07, 6.45) is 17.6. The molecule has 254 valence electrons. The second kappa shape index (κ2) is 15.8. The molecule has 5 aliphatic rings. The van der Waals surface area contributed by atoms with Crippen LogP contribution in [-0.4, -0.2) is 57.5 Å². The fraction of sp³-hybridized carbons (Fsp3) is 0.944. The third-order valence-corrected chi connectivity index (χ3v) is 13.6. The Balaban J connectivity index is 1.04. The molecule has 9 nitrogen and oxygen atoms in total. The first-order valence-corrected chi connectivity index (χ1v) is 18.4. The van der Waals surface area contributed by atoms with Crippen molar-refractivity contribution >= 4 is 11.9 Å². The van der Waals surface area contributed by atoms with Gasteiger partial charge in [-0.05, 0) is 129 Å². The van der Waals surface area contributed by atoms with Crippen LogP contribution < -0.4 is 5.32 Å². The van der Waals surface area contributed by atoms with Crippen LogP contribution >= 0.6 is 0 Å². The van der Waals surface area contributed by atoms with Gasteiger partial charge in [-0.25, -0.2) is 0 Å². The molecule has 5 fully saturated rings. The van der Waals surface area contributed by atoms with Crippen molar-refractivity contribution in [3.05, 3.63) is 10.4 Å². The zero-order chi connectivity index (χ0) is 31.9. The van der Waals surface area contributed by atoms with Gasteiger partial charge in [0.25, 0.3) is 0 Å². The van der Waals surface area contributed by atoms with Gasteiger partial charge >= 0.3 is 5.97 Å². The van der Waals surface area contributed by atoms with Crippen LogP contribution in [0.3, 0.4) is 0 Å². The van der Waals surface area contributed by atoms with E-state index in [4.69, 9.17) is 19.7 Å². The highest BCUT2D eigenvalue weighted by atomic mass is 16.6. The van der Waals surface area contributed by atoms with Gasteiger partial charge in [-0.3, -0.25) is 9.59 Å². The molecule has 0 aromatic carbocycles. The Hall–Kier alpha value is -1.83. The van der Waals surface area contributed by atoms with Crippen molar-refractivity contribution in [1.29, 1.82) is 0 Å². The summed E-state index contributed by atoms with van der Waals surface area (Å²) in [5.74, 6) is 4.93. The first kappa shape index (κ1) is 34.5. The first-order chi connectivity index (χ1) is 21.8. The molecule has 0 saturated heterocycles. The van der Waals surface area contributed by atoms with Gasteiger partial charge in [0.05, 0.1) is 26.4 Å². The zero-order valence-electron chi connectivity index (χ0n) is 28.4. The van der Waals surface area contributed by atoms with Gasteiger partial charge < -0.3 is 19.5 Å². The minimum Gasteiger partial charge on any atom is -0.463 e. The lowest BCUT2D eigenvalue weighted by Crippen LogP contribution is -2.55. The van der Waals surface area contributed by atoms with Gasteiger partial charge in [0.1, 0.15) is 6.61 Å². The van der Waals surface area contributed by atoms with Gasteiger partial charge in [-0.1, -0.05) is 38.7 Å². The number of hydrogen-bond acceptors (Lipinski definition) is 6. The molecule has 0 spiro atoms. The summed E-state index contributed by atoms with van der Waals surface area (Å²) in [5.41, 5.74) is 9.06. The number of esters is 1. The topological polar surface area (TPSA) is 123 Å². The van der Waals surface area contributed by atoms with Crippen molar-refractivity contribution in [2.45, 2.75) is 123 Å². The van der Waals surface area contributed by atoms with Gasteiger partial charge in [-0.15, -0.1) is 0 Å². The average Bonchev–Trinajstić information content (AvgIpc) is 3.69. The monoisotopic (exact) mass is 628 g/mol. The zero-order valence-corrected chi connectivity index (χ0v) is 28.4. The Morgan fingerprint density at radius 3 is 2.38 bits per heavy atom. The van der Waals surface area contributed by atoms with E-state index in [9.17, 15) is 9.59 Å². The van der Waals surface area contributed by atoms with E-state index in [0.717, 1.165) is 49.4 Å². The molecule has 5 saturated carbocycles. The van der Waals surface area contributed by atoms with Crippen molar-refractivity contribution in [3.63, 3.8) is 0 Å². The summed E-state index contributed by atoms with van der Waals surface area (Å²) >= 11 is 0. The second-order valence-corrected chi connectivity index (χ2v) is 15.8. The Labute approximate surface area is 271 Å². The van der Waals surface area contributed by atoms with Crippen LogP contribution in [0.5, 0.6) is 0 Å². The number of azide groups is 1. The van der Waals surface area contributed by atoms with Gasteiger partial charge in [0.2, 0.25) is 5.91 Å². The maximum absolute atomic E-state index is 12.9. The third kappa shape index (κ3) is 8.01. The van der Waals surface area contributed by atoms with Gasteiger partial charge in [0.15, 0.2) is 0 Å². The molecule has 0 heterocycles. The molecule has 0 aromatic heterocycles. The van der Waals surface area contributed by atoms with E-state index in [1.54, 1.807) is 0 Å². The van der Waals surface area contributed by atoms with E-state index >= 15 is 0 Å². The molecule has 0 radical (unpaired) electrons. The number of rotatable bonds is 15. The molecule has 45 heavy (non-hydrogen) atoms. The van der Waals surface area contributed by atoms with Crippen LogP contribution in [0, 0.1) is 52.3 Å². The Bertz CT molecular complexity index is 1040. The Morgan fingerprint density at radius 1 is 0.889 bits per heavy atom. The number of ether oxygens (including phenoxy) is 3. The maximum Gasteiger partial charge on any atom is 0.305 e. The van der Waals surface area contributed by atoms with Crippen LogP contribution in [0.1, 0.15) is 117 Å². The normalized spacial score (nSPS) is 36.7. The van der Waals surface area contributed by atoms with Crippen molar-refractivity contribution in [2.75, 3.05) is 39.6 Å². The molecular formula is C36H60N4O5. The van der Waals surface area contributed by atoms with E-state index in [0.29, 0.717) is 74.0 Å². The number of fused-ring (bicyclic) bond motifs is 5. The van der Waals surface area contributed by atoms with E-state index in [1.807, 2.05) is 0 Å². The number of carbonyl (C=O) groups excluding carboxylic acids is 2. The number of amides is 1. The smallest absolute Gasteiger partial charge is 0.305 e. The molecule has 4 unspecified atom stereocenters. The summed E-state index contributed by atoms with van der Waals surface area (Å²) in [6.45, 7) is 9.78. The van der Waals surface area contributed by atoms with Crippen molar-refractivity contribution < 1.29 is 23.8 Å². The summed E-state index contributed by atoms with van der Waals surface area (Å²) in [6, 6.07) is 0.388. The van der Waals surface area contributed by atoms with Crippen LogP contribution in [0.4, 0.5) is 0 Å². The van der Waals surface area contributed by atoms with Crippen LogP contribution in [0.15, 0.2) is 5.11 Å². The quantitative estimate of drug-likeness (QED) is 0.0657. The van der Waals surface area contributed by atoms with Crippen LogP contribution in [0.25, 0.3) is 10.4 Å². The predicted molar refractivity (Wildman–Crippen MR) is 174 cm³/mol. The van der Waals surface area contributed by atoms with Crippen LogP contribution in [0.2, 0.25) is 0 Å². The highest BCUT2D eigenvalue weighted by Crippen LogP contribution is 2.68. The van der Waals surface area contributed by atoms with Crippen molar-refractivity contribution in [1.82, 2.24) is 5.32 Å². The molecule has 5 aliphatic carbocycles. The number of nitrogens with zero attached hydrogens (tertiary/aromatic N) is 3. The average molecular weight is 629 g/mol. The molecule has 9 atom stereocenters. The maximum atomic E-state index is 12.9. The second-order valence-electron chi connectivity index (χ2n) is 15.8. The highest BCUT2D eigenvalue weighted by molar-refractivity contribution is 5.79. The van der Waals surface area contributed by atoms with Crippen molar-refractivity contribution in [3.8, 4) is 0 Å². The number of nitrogens with one attached hydrogen (secondary N) is 1. The van der Waals surface area contributed by atoms with E-state index < -0.39 is 0 Å². The van der Waals surface area contributed by atoms with E-state index in [-0.39, 0.29) is 18.5 Å². The fourth-order valence-corrected chi connectivity index (χ4v) is 11.2. The molecule has 9 heteroatoms. The van der Waals surface area contributed by atoms with E-state index in [1.165, 1.54) is 64.2 Å². The number of carbonyl (C=O) groups is 2. The lowest BCUT2D eigenvalue weighted by molar-refractivity contribution is -0.146. The standard InChI is InChI=1S/C36H60N4O5/c1-25(8-13-33(41)45-23-22-44-21-20-43-19-18-38-40-37)30-11-12-31-29-10-9-27-24-28(39-34(42)26-6-4-5-7-26)14-16-35(27,2)32(29)15-17-36(30,31)3/h25-32H,4-24H2,1-3H3,(H,39,42)/t25-,27-,28-,29?,30?,31?,32?,35+,36-/m1/s1. The Kier molecular flexibility index (Phi) is 12.1. The van der Waals surface area contributed by atoms with E-state index in [2.05, 4.69) is 36.1 Å². The molecule has 0 bridgehead atoms. The molecule has 1 amide bonds. The first-order valence-electron chi connectivity index (χ1n) is 18.4. The largest absolute Gasteiger partial charge is 0.463 e. The minimum absolute atomic E-state index is 0.124. The Morgan fingerprint density at radius 2 is 1.60 bits per heavy atom. The minimum atomic E-state index is -0.124. The third-order valence-electron chi connectivity index (χ3n) is 13.6. The molecule has 0 aliphatic heterocycles. The summed E-state index contributed by atoms with van der Waals surface area (Å²) in [5, 5.41) is 6.91. The fourth-order valence-electron chi connectivity index (χ4n) is 11.2. The predicted octanol–water partition coefficient (Wildman–Crippen LogP) is 7.62. The highest BCUT2D eigenvalue weighted by Gasteiger charge is 2.60. The summed E-state index contributed by atoms with van der Waals surface area (Å²) in [7, 11) is 0. The lowest BCUT2D eigenvalue weighted by Gasteiger charge is -2.61. The van der Waals surface area contributed by atoms with Gasteiger partial charge in [0, 0.05) is 29.8 Å². The molecule has 5 rings (SSSR count). The molecule has 0 aromatic rings. The summed E-state index contributed by atoms with van der Waals surface area (Å²) < 4.78 is 16.2. The van der Waals surface area contributed by atoms with Gasteiger partial charge in [-0.2, -0.15) is 0 Å². The van der Waals surface area contributed by atoms with Crippen LogP contribution in [-0.2, 0) is 23.8 Å². The molecule has 1 N–H and O–H groups in total. The molecular weight excluding hydrogens is 568 g/mol. The van der Waals surface area contributed by atoms with Crippen molar-refractivity contribution in [2.24, 2.45) is 57.4 Å². The SMILES string of the molecule is C[C@H](CCC(=O)OCCOCCOCCN=[N+]=[N-])C1CCC2C3CC[C@@H]4C[C@H](NC(=O)C5CCCC5)CC[C@]4(C)C3CC[C@@]21C. The summed E-state index contributed by atoms with van der Waals surface area (Å²) in [4.78, 5) is 28.1.